The number of nitrogens with zero attached hydrogens (tertiary/aromatic N) is 2. The van der Waals surface area contributed by atoms with Crippen molar-refractivity contribution in [2.24, 2.45) is 5.92 Å². The Balaban J connectivity index is 1.59. The fraction of sp³-hybridized carbons (Fsp3) is 0.250. The van der Waals surface area contributed by atoms with Gasteiger partial charge in [-0.1, -0.05) is 60.7 Å². The minimum atomic E-state index is -1.46. The summed E-state index contributed by atoms with van der Waals surface area (Å²) < 4.78 is 15.7. The van der Waals surface area contributed by atoms with Crippen molar-refractivity contribution in [2.75, 3.05) is 14.2 Å². The third-order valence-electron chi connectivity index (χ3n) is 9.00. The van der Waals surface area contributed by atoms with Gasteiger partial charge in [-0.05, 0) is 71.7 Å². The van der Waals surface area contributed by atoms with E-state index in [1.165, 1.54) is 31.3 Å². The van der Waals surface area contributed by atoms with Gasteiger partial charge < -0.3 is 29.0 Å². The fourth-order valence-corrected chi connectivity index (χ4v) is 6.24. The Hall–Kier alpha value is -6.30. The van der Waals surface area contributed by atoms with Gasteiger partial charge in [0.1, 0.15) is 5.52 Å². The predicted octanol–water partition coefficient (Wildman–Crippen LogP) is 6.72. The SMILES string of the molecule is COC(=O)c1ccc(C(C/C=C/c2nc3ccccc3o2)C(C)N(Cc2ccc3ccccc3c2)C(=O)C[C@H](CC(=O)O)C(=O)O)cc1C(=O)OC. The molecule has 1 aromatic heterocycles. The number of para-hydroxylation sites is 2. The Kier molecular flexibility index (Phi) is 11.8. The number of methoxy groups -OCH3 is 2. The predicted molar refractivity (Wildman–Crippen MR) is 191 cm³/mol. The van der Waals surface area contributed by atoms with Gasteiger partial charge in [0.05, 0.1) is 37.7 Å². The van der Waals surface area contributed by atoms with E-state index in [0.29, 0.717) is 22.6 Å². The molecule has 0 aliphatic rings. The van der Waals surface area contributed by atoms with Crippen LogP contribution in [0.1, 0.15) is 69.8 Å². The molecule has 2 unspecified atom stereocenters. The summed E-state index contributed by atoms with van der Waals surface area (Å²) in [5, 5.41) is 21.1. The summed E-state index contributed by atoms with van der Waals surface area (Å²) >= 11 is 0. The Bertz CT molecular complexity index is 2120. The number of allylic oxidation sites excluding steroid dienone is 1. The Morgan fingerprint density at radius 3 is 2.21 bits per heavy atom. The van der Waals surface area contributed by atoms with Crippen molar-refractivity contribution in [3.05, 3.63) is 119 Å². The number of carboxylic acids is 2. The maximum atomic E-state index is 14.2. The van der Waals surface area contributed by atoms with Crippen molar-refractivity contribution in [1.82, 2.24) is 9.88 Å². The number of fused-ring (bicyclic) bond motifs is 2. The van der Waals surface area contributed by atoms with Crippen LogP contribution in [-0.2, 0) is 30.4 Å². The summed E-state index contributed by atoms with van der Waals surface area (Å²) in [6.07, 6.45) is 2.51. The zero-order valence-corrected chi connectivity index (χ0v) is 28.9. The number of amides is 1. The van der Waals surface area contributed by atoms with Crippen LogP contribution < -0.4 is 0 Å². The average molecular weight is 707 g/mol. The molecule has 2 N–H and O–H groups in total. The first-order valence-electron chi connectivity index (χ1n) is 16.5. The van der Waals surface area contributed by atoms with Crippen LogP contribution in [0, 0.1) is 5.92 Å². The zero-order valence-electron chi connectivity index (χ0n) is 28.9. The number of rotatable bonds is 15. The molecule has 3 atom stereocenters. The van der Waals surface area contributed by atoms with Gasteiger partial charge in [0.15, 0.2) is 5.58 Å². The van der Waals surface area contributed by atoms with Crippen molar-refractivity contribution in [3.8, 4) is 0 Å². The first-order chi connectivity index (χ1) is 25.0. The number of benzene rings is 4. The zero-order chi connectivity index (χ0) is 37.4. The molecule has 0 fully saturated rings. The minimum absolute atomic E-state index is 0.00594. The molecule has 5 rings (SSSR count). The summed E-state index contributed by atoms with van der Waals surface area (Å²) in [5.74, 6) is -6.46. The smallest absolute Gasteiger partial charge is 0.338 e. The van der Waals surface area contributed by atoms with Gasteiger partial charge in [0, 0.05) is 24.9 Å². The molecule has 0 saturated heterocycles. The minimum Gasteiger partial charge on any atom is -0.481 e. The van der Waals surface area contributed by atoms with Gasteiger partial charge in [0.2, 0.25) is 11.8 Å². The molecule has 0 spiro atoms. The van der Waals surface area contributed by atoms with Gasteiger partial charge >= 0.3 is 23.9 Å². The van der Waals surface area contributed by atoms with Crippen LogP contribution in [0.3, 0.4) is 0 Å². The highest BCUT2D eigenvalue weighted by Gasteiger charge is 2.33. The van der Waals surface area contributed by atoms with E-state index < -0.39 is 60.5 Å². The van der Waals surface area contributed by atoms with E-state index in [0.717, 1.165) is 16.3 Å². The van der Waals surface area contributed by atoms with Gasteiger partial charge in [-0.2, -0.15) is 0 Å². The molecule has 1 amide bonds. The molecule has 0 bridgehead atoms. The number of esters is 2. The van der Waals surface area contributed by atoms with E-state index in [9.17, 15) is 34.2 Å². The second kappa shape index (κ2) is 16.6. The number of hydrogen-bond acceptors (Lipinski definition) is 9. The molecule has 52 heavy (non-hydrogen) atoms. The third-order valence-corrected chi connectivity index (χ3v) is 9.00. The van der Waals surface area contributed by atoms with Crippen LogP contribution in [0.15, 0.2) is 95.4 Å². The number of aliphatic carboxylic acids is 2. The molecular formula is C40H38N2O10. The lowest BCUT2D eigenvalue weighted by atomic mass is 9.85. The van der Waals surface area contributed by atoms with Crippen molar-refractivity contribution < 1.29 is 48.1 Å². The van der Waals surface area contributed by atoms with Crippen molar-refractivity contribution >= 4 is 57.7 Å². The highest BCUT2D eigenvalue weighted by Crippen LogP contribution is 2.33. The summed E-state index contributed by atoms with van der Waals surface area (Å²) in [6, 6.07) is 24.8. The molecular weight excluding hydrogens is 668 g/mol. The maximum Gasteiger partial charge on any atom is 0.338 e. The molecule has 0 saturated carbocycles. The van der Waals surface area contributed by atoms with Gasteiger partial charge in [-0.3, -0.25) is 14.4 Å². The Morgan fingerprint density at radius 2 is 1.52 bits per heavy atom. The fourth-order valence-electron chi connectivity index (χ4n) is 6.24. The summed E-state index contributed by atoms with van der Waals surface area (Å²) in [7, 11) is 2.39. The molecule has 0 radical (unpaired) electrons. The van der Waals surface area contributed by atoms with E-state index in [2.05, 4.69) is 4.98 Å². The van der Waals surface area contributed by atoms with Crippen LogP contribution in [0.25, 0.3) is 27.9 Å². The van der Waals surface area contributed by atoms with E-state index in [-0.39, 0.29) is 24.1 Å². The first-order valence-corrected chi connectivity index (χ1v) is 16.5. The van der Waals surface area contributed by atoms with Crippen molar-refractivity contribution in [1.29, 1.82) is 0 Å². The summed E-state index contributed by atoms with van der Waals surface area (Å²) in [5.41, 5.74) is 2.57. The molecule has 268 valence electrons. The van der Waals surface area contributed by atoms with E-state index >= 15 is 0 Å². The topological polar surface area (TPSA) is 174 Å². The number of ether oxygens (including phenoxy) is 2. The van der Waals surface area contributed by atoms with Crippen LogP contribution in [0.4, 0.5) is 0 Å². The normalized spacial score (nSPS) is 13.1. The standard InChI is InChI=1S/C40H38N2O10/c1-24(42(36(43)21-29(38(46)47)22-37(44)45)23-25-15-16-26-9-4-5-10-27(26)19-25)30(11-8-14-35-41-33-12-6-7-13-34(33)52-35)28-17-18-31(39(48)50-2)32(20-28)40(49)51-3/h4-10,12-20,24,29-30H,11,21-23H2,1-3H3,(H,44,45)(H,46,47)/b14-8+/t24?,29-,30?/m1/s1. The second-order valence-corrected chi connectivity index (χ2v) is 12.3. The molecule has 12 nitrogen and oxygen atoms in total. The number of carbonyl (C=O) groups is 5. The molecule has 0 aliphatic heterocycles. The molecule has 4 aromatic carbocycles. The lowest BCUT2D eigenvalue weighted by Gasteiger charge is -2.36. The van der Waals surface area contributed by atoms with Crippen LogP contribution in [0.2, 0.25) is 0 Å². The van der Waals surface area contributed by atoms with Crippen LogP contribution >= 0.6 is 0 Å². The van der Waals surface area contributed by atoms with E-state index in [4.69, 9.17) is 13.9 Å². The number of carbonyl (C=O) groups excluding carboxylic acids is 3. The van der Waals surface area contributed by atoms with E-state index in [1.807, 2.05) is 66.7 Å². The lowest BCUT2D eigenvalue weighted by molar-refractivity contribution is -0.151. The Morgan fingerprint density at radius 1 is 0.827 bits per heavy atom. The number of aromatic nitrogens is 1. The molecule has 1 heterocycles. The lowest BCUT2D eigenvalue weighted by Crippen LogP contribution is -2.43. The van der Waals surface area contributed by atoms with Crippen molar-refractivity contribution in [2.45, 2.75) is 44.7 Å². The van der Waals surface area contributed by atoms with Gasteiger partial charge in [-0.15, -0.1) is 0 Å². The van der Waals surface area contributed by atoms with Crippen LogP contribution in [0.5, 0.6) is 0 Å². The quantitative estimate of drug-likeness (QED) is 0.111. The number of hydrogen-bond donors (Lipinski definition) is 2. The van der Waals surface area contributed by atoms with Gasteiger partial charge in [0.25, 0.3) is 0 Å². The average Bonchev–Trinajstić information content (AvgIpc) is 3.56. The number of carboxylic acid groups (broad SMARTS) is 2. The highest BCUT2D eigenvalue weighted by molar-refractivity contribution is 6.03. The molecule has 12 heteroatoms. The number of oxazole rings is 1. The monoisotopic (exact) mass is 706 g/mol. The summed E-state index contributed by atoms with van der Waals surface area (Å²) in [4.78, 5) is 69.3. The maximum absolute atomic E-state index is 14.2. The molecule has 5 aromatic rings. The van der Waals surface area contributed by atoms with Gasteiger partial charge in [-0.25, -0.2) is 14.6 Å². The second-order valence-electron chi connectivity index (χ2n) is 12.3. The largest absolute Gasteiger partial charge is 0.481 e. The Labute approximate surface area is 299 Å². The van der Waals surface area contributed by atoms with Crippen molar-refractivity contribution in [3.63, 3.8) is 0 Å². The summed E-state index contributed by atoms with van der Waals surface area (Å²) in [6.45, 7) is 1.87. The van der Waals surface area contributed by atoms with E-state index in [1.54, 1.807) is 25.1 Å². The first kappa shape index (κ1) is 37.0. The molecule has 0 aliphatic carbocycles. The third kappa shape index (κ3) is 8.70. The highest BCUT2D eigenvalue weighted by atomic mass is 16.5. The van der Waals surface area contributed by atoms with Crippen LogP contribution in [-0.4, -0.2) is 70.1 Å².